The first-order valence-corrected chi connectivity index (χ1v) is 8.17. The topological polar surface area (TPSA) is 79.4 Å². The van der Waals surface area contributed by atoms with E-state index in [1.165, 1.54) is 0 Å². The third-order valence-corrected chi connectivity index (χ3v) is 4.45. The number of aldehydes is 1. The SMILES string of the molecule is C=C(CNC(=O)c1ccnc2ccccc12)N1CCCC1C(=O)C=O. The normalized spacial score (nSPS) is 16.6. The second kappa shape index (κ2) is 7.25. The number of amides is 1. The van der Waals surface area contributed by atoms with Crippen molar-refractivity contribution < 1.29 is 14.4 Å². The lowest BCUT2D eigenvalue weighted by Gasteiger charge is -2.26. The molecule has 1 amide bonds. The van der Waals surface area contributed by atoms with E-state index in [9.17, 15) is 14.4 Å². The number of Topliss-reactive ketones (excluding diaryl/α,β-unsaturated/α-hetero) is 1. The lowest BCUT2D eigenvalue weighted by molar-refractivity contribution is -0.132. The smallest absolute Gasteiger partial charge is 0.252 e. The van der Waals surface area contributed by atoms with Crippen molar-refractivity contribution in [1.82, 2.24) is 15.2 Å². The van der Waals surface area contributed by atoms with Crippen molar-refractivity contribution in [3.63, 3.8) is 0 Å². The van der Waals surface area contributed by atoms with E-state index in [0.717, 1.165) is 17.3 Å². The number of carbonyl (C=O) groups is 3. The Labute approximate surface area is 145 Å². The van der Waals surface area contributed by atoms with Crippen LogP contribution in [0.4, 0.5) is 0 Å². The van der Waals surface area contributed by atoms with Crippen LogP contribution < -0.4 is 5.32 Å². The summed E-state index contributed by atoms with van der Waals surface area (Å²) in [7, 11) is 0. The molecule has 1 aromatic heterocycles. The van der Waals surface area contributed by atoms with Crippen LogP contribution in [0.3, 0.4) is 0 Å². The molecule has 1 unspecified atom stereocenters. The fraction of sp³-hybridized carbons (Fsp3) is 0.263. The summed E-state index contributed by atoms with van der Waals surface area (Å²) in [6.07, 6.45) is 3.43. The molecule has 1 aromatic carbocycles. The van der Waals surface area contributed by atoms with Crippen molar-refractivity contribution >= 4 is 28.9 Å². The minimum absolute atomic E-state index is 0.220. The average molecular weight is 337 g/mol. The number of benzene rings is 1. The average Bonchev–Trinajstić information content (AvgIpc) is 3.14. The van der Waals surface area contributed by atoms with Crippen molar-refractivity contribution in [2.75, 3.05) is 13.1 Å². The van der Waals surface area contributed by atoms with Gasteiger partial charge in [0.05, 0.1) is 23.7 Å². The van der Waals surface area contributed by atoms with Gasteiger partial charge in [-0.05, 0) is 25.0 Å². The summed E-state index contributed by atoms with van der Waals surface area (Å²) in [5.41, 5.74) is 1.93. The van der Waals surface area contributed by atoms with Gasteiger partial charge in [0.25, 0.3) is 5.91 Å². The summed E-state index contributed by atoms with van der Waals surface area (Å²) >= 11 is 0. The van der Waals surface area contributed by atoms with Gasteiger partial charge in [0.2, 0.25) is 5.78 Å². The van der Waals surface area contributed by atoms with Crippen molar-refractivity contribution in [2.24, 2.45) is 0 Å². The minimum Gasteiger partial charge on any atom is -0.363 e. The fourth-order valence-corrected chi connectivity index (χ4v) is 3.19. The Bertz CT molecular complexity index is 841. The molecule has 0 bridgehead atoms. The van der Waals surface area contributed by atoms with Crippen LogP contribution in [0.25, 0.3) is 10.9 Å². The number of pyridine rings is 1. The Hall–Kier alpha value is -3.02. The van der Waals surface area contributed by atoms with E-state index < -0.39 is 11.8 Å². The van der Waals surface area contributed by atoms with Crippen LogP contribution in [0.15, 0.2) is 48.8 Å². The number of rotatable bonds is 6. The standard InChI is InChI=1S/C19H19N3O3/c1-13(22-10-4-7-17(22)18(24)12-23)11-21-19(25)15-8-9-20-16-6-3-2-5-14(15)16/h2-3,5-6,8-9,12,17H,1,4,7,10-11H2,(H,21,25). The van der Waals surface area contributed by atoms with Crippen LogP contribution in [0.2, 0.25) is 0 Å². The van der Waals surface area contributed by atoms with Crippen LogP contribution in [-0.4, -0.2) is 47.0 Å². The minimum atomic E-state index is -0.455. The highest BCUT2D eigenvalue weighted by Gasteiger charge is 2.30. The molecule has 1 saturated heterocycles. The molecule has 1 atom stereocenters. The molecule has 3 rings (SSSR count). The number of aromatic nitrogens is 1. The zero-order valence-corrected chi connectivity index (χ0v) is 13.8. The largest absolute Gasteiger partial charge is 0.363 e. The maximum absolute atomic E-state index is 12.5. The molecule has 6 nitrogen and oxygen atoms in total. The van der Waals surface area contributed by atoms with Crippen molar-refractivity contribution in [1.29, 1.82) is 0 Å². The van der Waals surface area contributed by atoms with E-state index in [2.05, 4.69) is 16.9 Å². The summed E-state index contributed by atoms with van der Waals surface area (Å²) < 4.78 is 0. The molecule has 2 heterocycles. The Kier molecular flexibility index (Phi) is 4.88. The van der Waals surface area contributed by atoms with Crippen LogP contribution in [0, 0.1) is 0 Å². The number of hydrogen-bond donors (Lipinski definition) is 1. The quantitative estimate of drug-likeness (QED) is 0.641. The van der Waals surface area contributed by atoms with Crippen molar-refractivity contribution in [2.45, 2.75) is 18.9 Å². The summed E-state index contributed by atoms with van der Waals surface area (Å²) in [5, 5.41) is 3.62. The number of fused-ring (bicyclic) bond motifs is 1. The van der Waals surface area contributed by atoms with Gasteiger partial charge in [0.15, 0.2) is 6.29 Å². The third kappa shape index (κ3) is 3.42. The molecule has 0 spiro atoms. The van der Waals surface area contributed by atoms with Gasteiger partial charge >= 0.3 is 0 Å². The summed E-state index contributed by atoms with van der Waals surface area (Å²) in [5.74, 6) is -0.665. The highest BCUT2D eigenvalue weighted by Crippen LogP contribution is 2.22. The highest BCUT2D eigenvalue weighted by atomic mass is 16.2. The predicted molar refractivity (Wildman–Crippen MR) is 94.0 cm³/mol. The zero-order chi connectivity index (χ0) is 17.8. The van der Waals surface area contributed by atoms with Gasteiger partial charge < -0.3 is 10.2 Å². The third-order valence-electron chi connectivity index (χ3n) is 4.45. The monoisotopic (exact) mass is 337 g/mol. The molecule has 1 fully saturated rings. The molecular formula is C19H19N3O3. The van der Waals surface area contributed by atoms with E-state index in [4.69, 9.17) is 0 Å². The van der Waals surface area contributed by atoms with E-state index >= 15 is 0 Å². The predicted octanol–water partition coefficient (Wildman–Crippen LogP) is 1.71. The summed E-state index contributed by atoms with van der Waals surface area (Å²) in [6.45, 7) is 4.85. The van der Waals surface area contributed by atoms with Crippen LogP contribution in [0.5, 0.6) is 0 Å². The van der Waals surface area contributed by atoms with Gasteiger partial charge in [-0.25, -0.2) is 0 Å². The molecule has 128 valence electrons. The van der Waals surface area contributed by atoms with E-state index in [0.29, 0.717) is 30.5 Å². The molecule has 6 heteroatoms. The zero-order valence-electron chi connectivity index (χ0n) is 13.8. The van der Waals surface area contributed by atoms with Crippen LogP contribution >= 0.6 is 0 Å². The molecule has 1 aliphatic rings. The Morgan fingerprint density at radius 2 is 2.12 bits per heavy atom. The molecule has 25 heavy (non-hydrogen) atoms. The maximum Gasteiger partial charge on any atom is 0.252 e. The first-order chi connectivity index (χ1) is 12.1. The van der Waals surface area contributed by atoms with Gasteiger partial charge in [-0.1, -0.05) is 24.8 Å². The number of hydrogen-bond acceptors (Lipinski definition) is 5. The number of likely N-dealkylation sites (tertiary alicyclic amines) is 1. The van der Waals surface area contributed by atoms with Gasteiger partial charge in [0, 0.05) is 23.8 Å². The van der Waals surface area contributed by atoms with Gasteiger partial charge in [0.1, 0.15) is 0 Å². The molecule has 1 N–H and O–H groups in total. The van der Waals surface area contributed by atoms with Crippen molar-refractivity contribution in [3.05, 3.63) is 54.4 Å². The molecule has 0 radical (unpaired) electrons. The highest BCUT2D eigenvalue weighted by molar-refractivity contribution is 6.27. The summed E-state index contributed by atoms with van der Waals surface area (Å²) in [4.78, 5) is 41.0. The number of nitrogens with one attached hydrogen (secondary N) is 1. The van der Waals surface area contributed by atoms with Crippen LogP contribution in [0.1, 0.15) is 23.2 Å². The molecular weight excluding hydrogens is 318 g/mol. The van der Waals surface area contributed by atoms with Crippen molar-refractivity contribution in [3.8, 4) is 0 Å². The number of para-hydroxylation sites is 1. The Balaban J connectivity index is 1.68. The summed E-state index contributed by atoms with van der Waals surface area (Å²) in [6, 6.07) is 8.66. The molecule has 0 aliphatic carbocycles. The van der Waals surface area contributed by atoms with Gasteiger partial charge in [-0.15, -0.1) is 0 Å². The van der Waals surface area contributed by atoms with Gasteiger partial charge in [-0.2, -0.15) is 0 Å². The number of carbonyl (C=O) groups excluding carboxylic acids is 3. The number of ketones is 1. The second-order valence-electron chi connectivity index (χ2n) is 6.00. The fourth-order valence-electron chi connectivity index (χ4n) is 3.19. The van der Waals surface area contributed by atoms with Crippen LogP contribution in [-0.2, 0) is 9.59 Å². The Morgan fingerprint density at radius 1 is 1.32 bits per heavy atom. The van der Waals surface area contributed by atoms with Gasteiger partial charge in [-0.3, -0.25) is 19.4 Å². The lowest BCUT2D eigenvalue weighted by atomic mass is 10.1. The molecule has 2 aromatic rings. The van der Waals surface area contributed by atoms with E-state index in [-0.39, 0.29) is 12.5 Å². The first kappa shape index (κ1) is 16.8. The molecule has 0 saturated carbocycles. The molecule has 1 aliphatic heterocycles. The first-order valence-electron chi connectivity index (χ1n) is 8.17. The lowest BCUT2D eigenvalue weighted by Crippen LogP contribution is -2.39. The van der Waals surface area contributed by atoms with E-state index in [1.807, 2.05) is 29.2 Å². The van der Waals surface area contributed by atoms with E-state index in [1.54, 1.807) is 12.3 Å². The number of nitrogens with zero attached hydrogens (tertiary/aromatic N) is 2. The second-order valence-corrected chi connectivity index (χ2v) is 6.00. The maximum atomic E-state index is 12.5. The Morgan fingerprint density at radius 3 is 2.92 bits per heavy atom.